The molecule has 6 nitrogen and oxygen atoms in total. The lowest BCUT2D eigenvalue weighted by Crippen LogP contribution is -2.47. The predicted octanol–water partition coefficient (Wildman–Crippen LogP) is 0.865. The van der Waals surface area contributed by atoms with Crippen LogP contribution in [0.15, 0.2) is 24.3 Å². The van der Waals surface area contributed by atoms with Gasteiger partial charge in [-0.3, -0.25) is 9.59 Å². The maximum atomic E-state index is 12.3. The molecular formula is C14H16N2O4. The van der Waals surface area contributed by atoms with Gasteiger partial charge in [-0.25, -0.2) is 4.79 Å². The van der Waals surface area contributed by atoms with Gasteiger partial charge in [-0.15, -0.1) is 0 Å². The monoisotopic (exact) mass is 276 g/mol. The van der Waals surface area contributed by atoms with Crippen LogP contribution in [0.5, 0.6) is 0 Å². The molecule has 1 unspecified atom stereocenters. The number of aliphatic carboxylic acids is 1. The molecule has 1 aromatic carbocycles. The van der Waals surface area contributed by atoms with Gasteiger partial charge in [0, 0.05) is 17.7 Å². The van der Waals surface area contributed by atoms with Crippen LogP contribution in [0.4, 0.5) is 0 Å². The molecule has 1 atom stereocenters. The summed E-state index contributed by atoms with van der Waals surface area (Å²) in [6.45, 7) is 0.438. The molecule has 0 aromatic heterocycles. The first-order chi connectivity index (χ1) is 9.50. The van der Waals surface area contributed by atoms with Crippen molar-refractivity contribution in [2.24, 2.45) is 5.73 Å². The predicted molar refractivity (Wildman–Crippen MR) is 71.3 cm³/mol. The number of amides is 2. The summed E-state index contributed by atoms with van der Waals surface area (Å²) in [6.07, 6.45) is 2.08. The van der Waals surface area contributed by atoms with Gasteiger partial charge in [-0.05, 0) is 43.5 Å². The first-order valence-corrected chi connectivity index (χ1v) is 6.44. The number of carbonyl (C=O) groups is 3. The first kappa shape index (κ1) is 14.0. The van der Waals surface area contributed by atoms with Crippen molar-refractivity contribution in [2.75, 3.05) is 6.54 Å². The molecule has 1 aliphatic rings. The zero-order valence-corrected chi connectivity index (χ0v) is 10.9. The highest BCUT2D eigenvalue weighted by Gasteiger charge is 2.32. The van der Waals surface area contributed by atoms with Gasteiger partial charge in [0.05, 0.1) is 0 Å². The Labute approximate surface area is 116 Å². The lowest BCUT2D eigenvalue weighted by Gasteiger charge is -2.33. The quantitative estimate of drug-likeness (QED) is 0.855. The molecule has 1 heterocycles. The summed E-state index contributed by atoms with van der Waals surface area (Å²) in [5, 5.41) is 9.17. The molecule has 1 aromatic rings. The third-order valence-corrected chi connectivity index (χ3v) is 3.47. The molecule has 0 radical (unpaired) electrons. The number of nitrogens with zero attached hydrogens (tertiary/aromatic N) is 1. The number of hydrogen-bond acceptors (Lipinski definition) is 3. The number of hydrogen-bond donors (Lipinski definition) is 2. The van der Waals surface area contributed by atoms with E-state index in [1.165, 1.54) is 29.2 Å². The van der Waals surface area contributed by atoms with Crippen molar-refractivity contribution in [1.82, 2.24) is 4.90 Å². The molecule has 106 valence electrons. The minimum Gasteiger partial charge on any atom is -0.480 e. The van der Waals surface area contributed by atoms with Crippen LogP contribution in [0.2, 0.25) is 0 Å². The van der Waals surface area contributed by atoms with Gasteiger partial charge in [0.25, 0.3) is 5.91 Å². The minimum atomic E-state index is -0.980. The van der Waals surface area contributed by atoms with Crippen LogP contribution < -0.4 is 5.73 Å². The van der Waals surface area contributed by atoms with Crippen LogP contribution in [-0.4, -0.2) is 40.4 Å². The average molecular weight is 276 g/mol. The summed E-state index contributed by atoms with van der Waals surface area (Å²) in [6, 6.07) is 5.16. The van der Waals surface area contributed by atoms with Crippen LogP contribution in [0, 0.1) is 0 Å². The summed E-state index contributed by atoms with van der Waals surface area (Å²) in [5.41, 5.74) is 5.81. The highest BCUT2D eigenvalue weighted by Crippen LogP contribution is 2.20. The lowest BCUT2D eigenvalue weighted by atomic mass is 10.0. The number of nitrogens with two attached hydrogens (primary N) is 1. The summed E-state index contributed by atoms with van der Waals surface area (Å²) in [5.74, 6) is -1.87. The van der Waals surface area contributed by atoms with Gasteiger partial charge in [0.2, 0.25) is 5.91 Å². The fourth-order valence-corrected chi connectivity index (χ4v) is 2.37. The van der Waals surface area contributed by atoms with E-state index < -0.39 is 17.9 Å². The molecule has 0 spiro atoms. The van der Waals surface area contributed by atoms with Gasteiger partial charge >= 0.3 is 5.97 Å². The number of primary amides is 1. The zero-order valence-electron chi connectivity index (χ0n) is 10.9. The smallest absolute Gasteiger partial charge is 0.326 e. The molecule has 1 saturated heterocycles. The van der Waals surface area contributed by atoms with Gasteiger partial charge in [0.15, 0.2) is 0 Å². The zero-order chi connectivity index (χ0) is 14.7. The Morgan fingerprint density at radius 3 is 2.25 bits per heavy atom. The molecule has 0 saturated carbocycles. The number of carbonyl (C=O) groups excluding carboxylic acids is 2. The minimum absolute atomic E-state index is 0.315. The Bertz CT molecular complexity index is 539. The normalized spacial score (nSPS) is 18.6. The van der Waals surface area contributed by atoms with Gasteiger partial charge in [-0.2, -0.15) is 0 Å². The number of rotatable bonds is 3. The van der Waals surface area contributed by atoms with E-state index in [-0.39, 0.29) is 5.91 Å². The molecule has 3 N–H and O–H groups in total. The van der Waals surface area contributed by atoms with E-state index in [9.17, 15) is 14.4 Å². The van der Waals surface area contributed by atoms with Crippen molar-refractivity contribution in [2.45, 2.75) is 25.3 Å². The van der Waals surface area contributed by atoms with E-state index in [0.29, 0.717) is 24.1 Å². The molecule has 1 fully saturated rings. The van der Waals surface area contributed by atoms with Crippen LogP contribution in [0.25, 0.3) is 0 Å². The van der Waals surface area contributed by atoms with E-state index in [1.807, 2.05) is 0 Å². The maximum Gasteiger partial charge on any atom is 0.326 e. The maximum absolute atomic E-state index is 12.3. The second kappa shape index (κ2) is 5.73. The number of benzene rings is 1. The fourth-order valence-electron chi connectivity index (χ4n) is 2.37. The fraction of sp³-hybridized carbons (Fsp3) is 0.357. The SMILES string of the molecule is NC(=O)c1ccc(C(=O)N2CCCCC2C(=O)O)cc1. The van der Waals surface area contributed by atoms with E-state index in [1.54, 1.807) is 0 Å². The molecule has 0 bridgehead atoms. The van der Waals surface area contributed by atoms with Crippen molar-refractivity contribution in [3.05, 3.63) is 35.4 Å². The second-order valence-electron chi connectivity index (χ2n) is 4.79. The Hall–Kier alpha value is -2.37. The van der Waals surface area contributed by atoms with E-state index in [4.69, 9.17) is 10.8 Å². The second-order valence-corrected chi connectivity index (χ2v) is 4.79. The largest absolute Gasteiger partial charge is 0.480 e. The van der Waals surface area contributed by atoms with Crippen molar-refractivity contribution < 1.29 is 19.5 Å². The molecule has 20 heavy (non-hydrogen) atoms. The number of carboxylic acids is 1. The summed E-state index contributed by atoms with van der Waals surface area (Å²) in [4.78, 5) is 35.9. The van der Waals surface area contributed by atoms with E-state index >= 15 is 0 Å². The third kappa shape index (κ3) is 2.79. The van der Waals surface area contributed by atoms with Gasteiger partial charge < -0.3 is 15.7 Å². The Morgan fingerprint density at radius 1 is 1.10 bits per heavy atom. The van der Waals surface area contributed by atoms with Crippen LogP contribution in [-0.2, 0) is 4.79 Å². The van der Waals surface area contributed by atoms with Gasteiger partial charge in [-0.1, -0.05) is 0 Å². The summed E-state index contributed by atoms with van der Waals surface area (Å²) < 4.78 is 0. The average Bonchev–Trinajstić information content (AvgIpc) is 2.46. The first-order valence-electron chi connectivity index (χ1n) is 6.44. The Morgan fingerprint density at radius 2 is 1.70 bits per heavy atom. The molecular weight excluding hydrogens is 260 g/mol. The van der Waals surface area contributed by atoms with Crippen LogP contribution >= 0.6 is 0 Å². The third-order valence-electron chi connectivity index (χ3n) is 3.47. The van der Waals surface area contributed by atoms with Crippen LogP contribution in [0.1, 0.15) is 40.0 Å². The highest BCUT2D eigenvalue weighted by atomic mass is 16.4. The van der Waals surface area contributed by atoms with Crippen molar-refractivity contribution in [3.63, 3.8) is 0 Å². The summed E-state index contributed by atoms with van der Waals surface area (Å²) >= 11 is 0. The Balaban J connectivity index is 2.20. The number of carboxylic acid groups (broad SMARTS) is 1. The lowest BCUT2D eigenvalue weighted by molar-refractivity contribution is -0.143. The highest BCUT2D eigenvalue weighted by molar-refractivity contribution is 5.98. The molecule has 1 aliphatic heterocycles. The molecule has 2 rings (SSSR count). The van der Waals surface area contributed by atoms with E-state index in [2.05, 4.69) is 0 Å². The van der Waals surface area contributed by atoms with Gasteiger partial charge in [0.1, 0.15) is 6.04 Å². The number of likely N-dealkylation sites (tertiary alicyclic amines) is 1. The van der Waals surface area contributed by atoms with Crippen molar-refractivity contribution in [1.29, 1.82) is 0 Å². The Kier molecular flexibility index (Phi) is 4.02. The van der Waals surface area contributed by atoms with Crippen LogP contribution in [0.3, 0.4) is 0 Å². The van der Waals surface area contributed by atoms with Crippen molar-refractivity contribution >= 4 is 17.8 Å². The topological polar surface area (TPSA) is 101 Å². The molecule has 2 amide bonds. The van der Waals surface area contributed by atoms with Crippen molar-refractivity contribution in [3.8, 4) is 0 Å². The molecule has 6 heteroatoms. The van der Waals surface area contributed by atoms with E-state index in [0.717, 1.165) is 12.8 Å². The standard InChI is InChI=1S/C14H16N2O4/c15-12(17)9-4-6-10(7-5-9)13(18)16-8-2-1-3-11(16)14(19)20/h4-7,11H,1-3,8H2,(H2,15,17)(H,19,20). The number of piperidine rings is 1. The molecule has 0 aliphatic carbocycles. The summed E-state index contributed by atoms with van der Waals surface area (Å²) in [7, 11) is 0.